The molecule has 2 nitrogen and oxygen atoms in total. The van der Waals surface area contributed by atoms with E-state index >= 15 is 0 Å². The fourth-order valence-corrected chi connectivity index (χ4v) is 1.57. The van der Waals surface area contributed by atoms with Gasteiger partial charge in [-0.25, -0.2) is 0 Å². The lowest BCUT2D eigenvalue weighted by atomic mass is 10.2. The number of esters is 1. The second-order valence-electron chi connectivity index (χ2n) is 2.85. The summed E-state index contributed by atoms with van der Waals surface area (Å²) in [5.74, 6) is -0.260. The maximum Gasteiger partial charge on any atom is 0.309 e. The van der Waals surface area contributed by atoms with Gasteiger partial charge in [0.1, 0.15) is 0 Å². The summed E-state index contributed by atoms with van der Waals surface area (Å²) < 4.78 is 5.45. The zero-order chi connectivity index (χ0) is 11.3. The quantitative estimate of drug-likeness (QED) is 0.794. The summed E-state index contributed by atoms with van der Waals surface area (Å²) >= 11 is 9.23. The van der Waals surface area contributed by atoms with Crippen LogP contribution in [0.2, 0.25) is 5.02 Å². The normalized spacial score (nSPS) is 10.6. The van der Waals surface area contributed by atoms with Gasteiger partial charge in [-0.05, 0) is 23.8 Å². The Hall–Kier alpha value is -0.800. The minimum Gasteiger partial charge on any atom is -0.469 e. The van der Waals surface area contributed by atoms with Crippen LogP contribution >= 0.6 is 27.5 Å². The van der Waals surface area contributed by atoms with E-state index in [-0.39, 0.29) is 12.4 Å². The van der Waals surface area contributed by atoms with Crippen LogP contribution < -0.4 is 0 Å². The molecule has 1 rings (SSSR count). The Balaban J connectivity index is 2.71. The van der Waals surface area contributed by atoms with Gasteiger partial charge in [-0.1, -0.05) is 39.7 Å². The Labute approximate surface area is 102 Å². The van der Waals surface area contributed by atoms with Crippen LogP contribution in [0.25, 0.3) is 6.08 Å². The molecule has 0 heterocycles. The molecule has 0 aromatic heterocycles. The minimum atomic E-state index is -0.260. The third kappa shape index (κ3) is 4.06. The largest absolute Gasteiger partial charge is 0.469 e. The first-order valence-electron chi connectivity index (χ1n) is 4.32. The first kappa shape index (κ1) is 12.3. The molecular formula is C11H10BrClO2. The van der Waals surface area contributed by atoms with Crippen LogP contribution in [0.4, 0.5) is 0 Å². The molecule has 0 amide bonds. The maximum absolute atomic E-state index is 10.8. The Morgan fingerprint density at radius 3 is 3.00 bits per heavy atom. The highest BCUT2D eigenvalue weighted by atomic mass is 79.9. The molecule has 1 aromatic rings. The topological polar surface area (TPSA) is 26.3 Å². The van der Waals surface area contributed by atoms with Gasteiger partial charge in [0.25, 0.3) is 0 Å². The molecule has 80 valence electrons. The summed E-state index contributed by atoms with van der Waals surface area (Å²) in [5.41, 5.74) is 0.936. The first-order chi connectivity index (χ1) is 7.13. The molecule has 0 saturated carbocycles. The van der Waals surface area contributed by atoms with Crippen molar-refractivity contribution in [3.63, 3.8) is 0 Å². The lowest BCUT2D eigenvalue weighted by molar-refractivity contribution is -0.139. The molecule has 0 spiro atoms. The summed E-state index contributed by atoms with van der Waals surface area (Å²) in [6.07, 6.45) is 3.82. The van der Waals surface area contributed by atoms with Gasteiger partial charge in [0, 0.05) is 9.50 Å². The van der Waals surface area contributed by atoms with Crippen LogP contribution in [-0.2, 0) is 9.53 Å². The van der Waals surface area contributed by atoms with Crippen LogP contribution in [-0.4, -0.2) is 13.1 Å². The smallest absolute Gasteiger partial charge is 0.309 e. The number of hydrogen-bond acceptors (Lipinski definition) is 2. The molecular weight excluding hydrogens is 279 g/mol. The lowest BCUT2D eigenvalue weighted by Crippen LogP contribution is -1.96. The Kier molecular flexibility index (Phi) is 4.85. The summed E-state index contributed by atoms with van der Waals surface area (Å²) in [6, 6.07) is 5.48. The van der Waals surface area contributed by atoms with Gasteiger partial charge in [0.15, 0.2) is 0 Å². The van der Waals surface area contributed by atoms with Gasteiger partial charge in [0.05, 0.1) is 13.5 Å². The second-order valence-corrected chi connectivity index (χ2v) is 4.14. The van der Waals surface area contributed by atoms with Crippen molar-refractivity contribution in [3.8, 4) is 0 Å². The molecule has 0 fully saturated rings. The van der Waals surface area contributed by atoms with Crippen molar-refractivity contribution in [2.75, 3.05) is 7.11 Å². The number of benzene rings is 1. The predicted molar refractivity (Wildman–Crippen MR) is 64.8 cm³/mol. The van der Waals surface area contributed by atoms with Crippen molar-refractivity contribution in [1.29, 1.82) is 0 Å². The minimum absolute atomic E-state index is 0.259. The molecule has 0 aliphatic heterocycles. The zero-order valence-corrected chi connectivity index (χ0v) is 10.5. The van der Waals surface area contributed by atoms with Crippen molar-refractivity contribution < 1.29 is 9.53 Å². The summed E-state index contributed by atoms with van der Waals surface area (Å²) in [4.78, 5) is 10.8. The average Bonchev–Trinajstić information content (AvgIpc) is 2.23. The molecule has 0 aliphatic rings. The molecule has 1 aromatic carbocycles. The van der Waals surface area contributed by atoms with Crippen molar-refractivity contribution in [2.45, 2.75) is 6.42 Å². The van der Waals surface area contributed by atoms with Crippen molar-refractivity contribution in [2.24, 2.45) is 0 Å². The number of hydrogen-bond donors (Lipinski definition) is 0. The second kappa shape index (κ2) is 5.93. The Morgan fingerprint density at radius 1 is 1.60 bits per heavy atom. The number of halogens is 2. The van der Waals surface area contributed by atoms with Gasteiger partial charge in [-0.2, -0.15) is 0 Å². The number of ether oxygens (including phenoxy) is 1. The molecule has 15 heavy (non-hydrogen) atoms. The number of methoxy groups -OCH3 is 1. The van der Waals surface area contributed by atoms with Crippen LogP contribution in [0.1, 0.15) is 12.0 Å². The number of carbonyl (C=O) groups is 1. The van der Waals surface area contributed by atoms with Crippen LogP contribution in [0.15, 0.2) is 28.7 Å². The van der Waals surface area contributed by atoms with E-state index < -0.39 is 0 Å². The van der Waals surface area contributed by atoms with E-state index in [1.807, 2.05) is 18.2 Å². The monoisotopic (exact) mass is 288 g/mol. The maximum atomic E-state index is 10.8. The molecule has 0 unspecified atom stereocenters. The van der Waals surface area contributed by atoms with Gasteiger partial charge in [0.2, 0.25) is 0 Å². The average molecular weight is 290 g/mol. The standard InChI is InChI=1S/C11H10BrClO2/c1-15-11(14)4-2-3-8-7-9(13)5-6-10(8)12/h2-3,5-7H,4H2,1H3. The fraction of sp³-hybridized carbons (Fsp3) is 0.182. The molecule has 0 N–H and O–H groups in total. The molecule has 0 saturated heterocycles. The first-order valence-corrected chi connectivity index (χ1v) is 5.49. The number of rotatable bonds is 3. The van der Waals surface area contributed by atoms with E-state index in [0.29, 0.717) is 5.02 Å². The third-order valence-corrected chi connectivity index (χ3v) is 2.72. The van der Waals surface area contributed by atoms with Crippen LogP contribution in [0.5, 0.6) is 0 Å². The zero-order valence-electron chi connectivity index (χ0n) is 8.17. The molecule has 0 aliphatic carbocycles. The van der Waals surface area contributed by atoms with Gasteiger partial charge < -0.3 is 4.74 Å². The van der Waals surface area contributed by atoms with Crippen LogP contribution in [0.3, 0.4) is 0 Å². The van der Waals surface area contributed by atoms with E-state index in [1.54, 1.807) is 12.1 Å². The van der Waals surface area contributed by atoms with Gasteiger partial charge >= 0.3 is 5.97 Å². The number of carbonyl (C=O) groups excluding carboxylic acids is 1. The SMILES string of the molecule is COC(=O)CC=Cc1cc(Cl)ccc1Br. The Bertz CT molecular complexity index is 388. The van der Waals surface area contributed by atoms with E-state index in [0.717, 1.165) is 10.0 Å². The van der Waals surface area contributed by atoms with E-state index in [4.69, 9.17) is 11.6 Å². The van der Waals surface area contributed by atoms with E-state index in [1.165, 1.54) is 7.11 Å². The molecule has 0 atom stereocenters. The lowest BCUT2D eigenvalue weighted by Gasteiger charge is -1.99. The molecule has 4 heteroatoms. The third-order valence-electron chi connectivity index (χ3n) is 1.77. The van der Waals surface area contributed by atoms with Crippen molar-refractivity contribution >= 4 is 39.6 Å². The van der Waals surface area contributed by atoms with Crippen LogP contribution in [0, 0.1) is 0 Å². The molecule has 0 radical (unpaired) electrons. The van der Waals surface area contributed by atoms with Crippen molar-refractivity contribution in [1.82, 2.24) is 0 Å². The van der Waals surface area contributed by atoms with Gasteiger partial charge in [-0.15, -0.1) is 0 Å². The molecule has 0 bridgehead atoms. The van der Waals surface area contributed by atoms with E-state index in [9.17, 15) is 4.79 Å². The summed E-state index contributed by atoms with van der Waals surface area (Å²) in [5, 5.41) is 0.663. The highest BCUT2D eigenvalue weighted by molar-refractivity contribution is 9.10. The summed E-state index contributed by atoms with van der Waals surface area (Å²) in [6.45, 7) is 0. The Morgan fingerprint density at radius 2 is 2.33 bits per heavy atom. The van der Waals surface area contributed by atoms with E-state index in [2.05, 4.69) is 20.7 Å². The summed E-state index contributed by atoms with van der Waals surface area (Å²) in [7, 11) is 1.37. The highest BCUT2D eigenvalue weighted by Crippen LogP contribution is 2.22. The fourth-order valence-electron chi connectivity index (χ4n) is 1.01. The highest BCUT2D eigenvalue weighted by Gasteiger charge is 1.98. The van der Waals surface area contributed by atoms with Gasteiger partial charge in [-0.3, -0.25) is 4.79 Å². The predicted octanol–water partition coefficient (Wildman–Crippen LogP) is 3.68. The van der Waals surface area contributed by atoms with Crippen molar-refractivity contribution in [3.05, 3.63) is 39.3 Å².